The fraction of sp³-hybridized carbons (Fsp3) is 0.286. The molecule has 0 aliphatic carbocycles. The third-order valence-electron chi connectivity index (χ3n) is 3.04. The van der Waals surface area contributed by atoms with Gasteiger partial charge in [-0.1, -0.05) is 0 Å². The monoisotopic (exact) mass is 718 g/mol. The third kappa shape index (κ3) is 5.82. The Morgan fingerprint density at radius 1 is 1.04 bits per heavy atom. The van der Waals surface area contributed by atoms with Crippen LogP contribution in [-0.4, -0.2) is 52.5 Å². The molecule has 3 N–H and O–H groups in total. The molecule has 1 aromatic rings. The topological polar surface area (TPSA) is 124 Å². The number of aliphatic carboxylic acids is 1. The van der Waals surface area contributed by atoms with E-state index in [1.54, 1.807) is 0 Å². The number of thioether (sulfide) groups is 1. The van der Waals surface area contributed by atoms with E-state index in [9.17, 15) is 24.3 Å². The molecule has 0 bridgehead atoms. The number of carboxylic acid groups (broad SMARTS) is 2. The van der Waals surface area contributed by atoms with E-state index in [2.05, 4.69) is 5.32 Å². The van der Waals surface area contributed by atoms with Gasteiger partial charge in [-0.15, -0.1) is 11.8 Å². The summed E-state index contributed by atoms with van der Waals surface area (Å²) in [4.78, 5) is 47.4. The molecular formula is C14H13I3N2O6S. The predicted octanol–water partition coefficient (Wildman–Crippen LogP) is 2.94. The molecule has 12 heteroatoms. The van der Waals surface area contributed by atoms with Gasteiger partial charge in [0.2, 0.25) is 11.8 Å². The smallest absolute Gasteiger partial charge is 0.338 e. The fourth-order valence-corrected chi connectivity index (χ4v) is 6.96. The van der Waals surface area contributed by atoms with E-state index in [1.807, 2.05) is 67.8 Å². The zero-order chi connectivity index (χ0) is 20.2. The number of carbonyl (C=O) groups excluding carboxylic acids is 2. The highest BCUT2D eigenvalue weighted by atomic mass is 127. The first-order chi connectivity index (χ1) is 12.0. The molecule has 0 aliphatic rings. The third-order valence-corrected chi connectivity index (χ3v) is 7.14. The number of nitrogens with zero attached hydrogens (tertiary/aromatic N) is 1. The summed E-state index contributed by atoms with van der Waals surface area (Å²) < 4.78 is 1.25. The van der Waals surface area contributed by atoms with E-state index in [4.69, 9.17) is 5.11 Å². The summed E-state index contributed by atoms with van der Waals surface area (Å²) in [5, 5.41) is 20.8. The van der Waals surface area contributed by atoms with Crippen LogP contribution in [0.3, 0.4) is 0 Å². The first kappa shape index (κ1) is 23.7. The minimum absolute atomic E-state index is 0.0109. The van der Waals surface area contributed by atoms with Crippen molar-refractivity contribution in [2.24, 2.45) is 0 Å². The number of hydrogen-bond donors (Lipinski definition) is 3. The Hall–Kier alpha value is -0.360. The summed E-state index contributed by atoms with van der Waals surface area (Å²) in [5.41, 5.74) is 0.668. The maximum Gasteiger partial charge on any atom is 0.338 e. The van der Waals surface area contributed by atoms with Crippen LogP contribution in [0.4, 0.5) is 11.4 Å². The van der Waals surface area contributed by atoms with Gasteiger partial charge >= 0.3 is 11.9 Å². The molecule has 0 heterocycles. The van der Waals surface area contributed by atoms with Gasteiger partial charge in [0.25, 0.3) is 0 Å². The van der Waals surface area contributed by atoms with Crippen molar-refractivity contribution in [3.8, 4) is 0 Å². The maximum absolute atomic E-state index is 12.1. The first-order valence-electron chi connectivity index (χ1n) is 6.76. The van der Waals surface area contributed by atoms with E-state index in [1.165, 1.54) is 18.9 Å². The number of rotatable bonds is 7. The van der Waals surface area contributed by atoms with Crippen molar-refractivity contribution in [3.05, 3.63) is 16.3 Å². The first-order valence-corrected chi connectivity index (χ1v) is 11.2. The van der Waals surface area contributed by atoms with Crippen molar-refractivity contribution in [1.82, 2.24) is 0 Å². The molecule has 0 saturated carbocycles. The average molecular weight is 718 g/mol. The van der Waals surface area contributed by atoms with E-state index in [0.717, 1.165) is 11.8 Å². The summed E-state index contributed by atoms with van der Waals surface area (Å²) in [6.07, 6.45) is 0. The van der Waals surface area contributed by atoms with E-state index >= 15 is 0 Å². The maximum atomic E-state index is 12.1. The lowest BCUT2D eigenvalue weighted by Crippen LogP contribution is -2.27. The average Bonchev–Trinajstić information content (AvgIpc) is 2.50. The number of anilines is 2. The van der Waals surface area contributed by atoms with Crippen molar-refractivity contribution in [2.75, 3.05) is 28.8 Å². The molecule has 0 saturated heterocycles. The molecule has 2 amide bonds. The minimum atomic E-state index is -1.18. The molecule has 0 aliphatic heterocycles. The standard InChI is InChI=1S/C14H13I3N2O6S/c1-5(20)19(2)13-10(16)8(14(24)25)9(15)12(11(13)17)18-6(21)3-26-4-7(22)23/h3-4H2,1-2H3,(H,18,21)(H,22,23)(H,24,25). The van der Waals surface area contributed by atoms with Gasteiger partial charge in [-0.3, -0.25) is 14.4 Å². The van der Waals surface area contributed by atoms with Gasteiger partial charge in [-0.2, -0.15) is 0 Å². The summed E-state index contributed by atoms with van der Waals surface area (Å²) in [6.45, 7) is 1.35. The number of benzene rings is 1. The quantitative estimate of drug-likeness (QED) is 0.371. The van der Waals surface area contributed by atoms with E-state index in [-0.39, 0.29) is 28.7 Å². The van der Waals surface area contributed by atoms with Crippen molar-refractivity contribution in [3.63, 3.8) is 0 Å². The number of amides is 2. The largest absolute Gasteiger partial charge is 0.481 e. The minimum Gasteiger partial charge on any atom is -0.481 e. The van der Waals surface area contributed by atoms with E-state index < -0.39 is 17.8 Å². The van der Waals surface area contributed by atoms with Crippen LogP contribution in [0, 0.1) is 10.7 Å². The summed E-state index contributed by atoms with van der Waals surface area (Å²) in [6, 6.07) is 0. The Morgan fingerprint density at radius 2 is 1.62 bits per heavy atom. The summed E-state index contributed by atoms with van der Waals surface area (Å²) >= 11 is 6.59. The van der Waals surface area contributed by atoms with Crippen LogP contribution < -0.4 is 10.2 Å². The van der Waals surface area contributed by atoms with Gasteiger partial charge in [0, 0.05) is 14.0 Å². The zero-order valence-electron chi connectivity index (χ0n) is 13.4. The molecule has 142 valence electrons. The van der Waals surface area contributed by atoms with Crippen molar-refractivity contribution < 1.29 is 29.4 Å². The molecule has 8 nitrogen and oxygen atoms in total. The summed E-state index contributed by atoms with van der Waals surface area (Å²) in [7, 11) is 1.52. The number of hydrogen-bond acceptors (Lipinski definition) is 5. The lowest BCUT2D eigenvalue weighted by Gasteiger charge is -2.23. The molecule has 1 aromatic carbocycles. The van der Waals surface area contributed by atoms with Gasteiger partial charge in [-0.05, 0) is 67.8 Å². The highest BCUT2D eigenvalue weighted by Gasteiger charge is 2.27. The van der Waals surface area contributed by atoms with Crippen molar-refractivity contribution >= 4 is 115 Å². The lowest BCUT2D eigenvalue weighted by molar-refractivity contribution is -0.133. The van der Waals surface area contributed by atoms with Crippen LogP contribution in [-0.2, 0) is 14.4 Å². The van der Waals surface area contributed by atoms with Crippen molar-refractivity contribution in [2.45, 2.75) is 6.92 Å². The second kappa shape index (κ2) is 10.3. The highest BCUT2D eigenvalue weighted by molar-refractivity contribution is 14.1. The van der Waals surface area contributed by atoms with Crippen LogP contribution in [0.25, 0.3) is 0 Å². The Morgan fingerprint density at radius 3 is 2.08 bits per heavy atom. The number of aromatic carboxylic acids is 1. The Labute approximate surface area is 194 Å². The fourth-order valence-electron chi connectivity index (χ4n) is 1.81. The molecule has 0 atom stereocenters. The summed E-state index contributed by atoms with van der Waals surface area (Å²) in [5.74, 6) is -3.25. The van der Waals surface area contributed by atoms with Crippen molar-refractivity contribution in [1.29, 1.82) is 0 Å². The Bertz CT molecular complexity index is 787. The van der Waals surface area contributed by atoms with Gasteiger partial charge < -0.3 is 20.4 Å². The molecule has 0 spiro atoms. The molecule has 26 heavy (non-hydrogen) atoms. The predicted molar refractivity (Wildman–Crippen MR) is 124 cm³/mol. The van der Waals surface area contributed by atoms with Gasteiger partial charge in [0.1, 0.15) is 0 Å². The Balaban J connectivity index is 3.38. The van der Waals surface area contributed by atoms with Crippen LogP contribution >= 0.6 is 79.5 Å². The number of halogens is 3. The number of carbonyl (C=O) groups is 4. The second-order valence-electron chi connectivity index (χ2n) is 4.86. The molecule has 0 aromatic heterocycles. The SMILES string of the molecule is CC(=O)N(C)c1c(I)c(NC(=O)CSCC(=O)O)c(I)c(C(=O)O)c1I. The molecule has 0 fully saturated rings. The van der Waals surface area contributed by atoms with E-state index in [0.29, 0.717) is 16.4 Å². The molecule has 1 rings (SSSR count). The second-order valence-corrected chi connectivity index (χ2v) is 9.08. The Kier molecular flexibility index (Phi) is 9.34. The lowest BCUT2D eigenvalue weighted by atomic mass is 10.1. The number of nitrogens with one attached hydrogen (secondary N) is 1. The highest BCUT2D eigenvalue weighted by Crippen LogP contribution is 2.40. The van der Waals surface area contributed by atoms with Gasteiger partial charge in [0.15, 0.2) is 0 Å². The normalized spacial score (nSPS) is 10.3. The molecular weight excluding hydrogens is 705 g/mol. The number of carboxylic acids is 2. The van der Waals surface area contributed by atoms with Crippen LogP contribution in [0.15, 0.2) is 0 Å². The molecule has 0 unspecified atom stereocenters. The molecule has 0 radical (unpaired) electrons. The van der Waals surface area contributed by atoms with Crippen LogP contribution in [0.5, 0.6) is 0 Å². The van der Waals surface area contributed by atoms with Crippen LogP contribution in [0.1, 0.15) is 17.3 Å². The van der Waals surface area contributed by atoms with Gasteiger partial charge in [-0.25, -0.2) is 4.79 Å². The van der Waals surface area contributed by atoms with Gasteiger partial charge in [0.05, 0.1) is 39.2 Å². The zero-order valence-corrected chi connectivity index (χ0v) is 20.7. The van der Waals surface area contributed by atoms with Crippen LogP contribution in [0.2, 0.25) is 0 Å².